The van der Waals surface area contributed by atoms with Gasteiger partial charge in [-0.2, -0.15) is 0 Å². The Kier molecular flexibility index (Phi) is 2.86. The van der Waals surface area contributed by atoms with Crippen LogP contribution in [0.5, 0.6) is 0 Å². The van der Waals surface area contributed by atoms with Crippen molar-refractivity contribution < 1.29 is 4.39 Å². The largest absolute Gasteiger partial charge is 0.301 e. The van der Waals surface area contributed by atoms with Crippen molar-refractivity contribution in [1.82, 2.24) is 9.55 Å². The smallest absolute Gasteiger partial charge is 0.148 e. The zero-order chi connectivity index (χ0) is 10.8. The van der Waals surface area contributed by atoms with Crippen LogP contribution in [0.15, 0.2) is 35.1 Å². The summed E-state index contributed by atoms with van der Waals surface area (Å²) in [7, 11) is 0. The second kappa shape index (κ2) is 4.14. The van der Waals surface area contributed by atoms with Crippen molar-refractivity contribution >= 4 is 15.9 Å². The summed E-state index contributed by atoms with van der Waals surface area (Å²) in [5, 5.41) is 0. The maximum absolute atomic E-state index is 13.7. The molecule has 0 atom stereocenters. The number of aromatic nitrogens is 2. The molecule has 2 aromatic rings. The summed E-state index contributed by atoms with van der Waals surface area (Å²) in [5.41, 5.74) is 0.535. The number of aryl methyl sites for hydroxylation is 1. The fourth-order valence-corrected chi connectivity index (χ4v) is 1.83. The minimum absolute atomic E-state index is 0.253. The molecule has 2 rings (SSSR count). The average Bonchev–Trinajstić information content (AvgIpc) is 2.65. The van der Waals surface area contributed by atoms with Gasteiger partial charge in [0, 0.05) is 23.3 Å². The Morgan fingerprint density at radius 2 is 2.27 bits per heavy atom. The molecule has 0 saturated carbocycles. The summed E-state index contributed by atoms with van der Waals surface area (Å²) in [6.07, 6.45) is 4.23. The Morgan fingerprint density at radius 3 is 2.93 bits per heavy atom. The fourth-order valence-electron chi connectivity index (χ4n) is 1.49. The van der Waals surface area contributed by atoms with Crippen LogP contribution in [0.3, 0.4) is 0 Å². The van der Waals surface area contributed by atoms with Crippen LogP contribution >= 0.6 is 15.9 Å². The molecule has 0 fully saturated rings. The molecule has 0 N–H and O–H groups in total. The zero-order valence-electron chi connectivity index (χ0n) is 8.24. The van der Waals surface area contributed by atoms with Gasteiger partial charge in [0.05, 0.1) is 5.69 Å². The van der Waals surface area contributed by atoms with Crippen LogP contribution in [0.2, 0.25) is 0 Å². The van der Waals surface area contributed by atoms with Crippen molar-refractivity contribution in [2.24, 2.45) is 0 Å². The number of halogens is 2. The van der Waals surface area contributed by atoms with Crippen molar-refractivity contribution in [2.75, 3.05) is 0 Å². The van der Waals surface area contributed by atoms with E-state index in [1.54, 1.807) is 23.0 Å². The van der Waals surface area contributed by atoms with E-state index in [2.05, 4.69) is 20.9 Å². The maximum atomic E-state index is 13.7. The van der Waals surface area contributed by atoms with E-state index in [-0.39, 0.29) is 5.82 Å². The lowest BCUT2D eigenvalue weighted by Crippen LogP contribution is -2.01. The van der Waals surface area contributed by atoms with Crippen LogP contribution in [-0.2, 0) is 6.42 Å². The quantitative estimate of drug-likeness (QED) is 0.817. The Balaban J connectivity index is 2.54. The van der Waals surface area contributed by atoms with Gasteiger partial charge in [-0.1, -0.05) is 22.9 Å². The molecule has 0 unspecified atom stereocenters. The number of hydrogen-bond donors (Lipinski definition) is 0. The lowest BCUT2D eigenvalue weighted by atomic mass is 10.3. The van der Waals surface area contributed by atoms with Crippen molar-refractivity contribution in [2.45, 2.75) is 13.3 Å². The number of imidazole rings is 1. The summed E-state index contributed by atoms with van der Waals surface area (Å²) in [5.74, 6) is 0.605. The van der Waals surface area contributed by atoms with E-state index in [4.69, 9.17) is 0 Å². The third-order valence-electron chi connectivity index (χ3n) is 2.20. The molecule has 1 aromatic carbocycles. The molecule has 0 aliphatic heterocycles. The van der Waals surface area contributed by atoms with Crippen LogP contribution < -0.4 is 0 Å². The first-order chi connectivity index (χ1) is 7.22. The minimum atomic E-state index is -0.253. The van der Waals surface area contributed by atoms with Gasteiger partial charge in [0.25, 0.3) is 0 Å². The molecule has 2 nitrogen and oxygen atoms in total. The third-order valence-corrected chi connectivity index (χ3v) is 2.70. The standard InChI is InChI=1S/C11H10BrFN2/c1-2-11-14-5-6-15(11)10-4-3-8(12)7-9(10)13/h3-7H,2H2,1H3. The Labute approximate surface area is 95.9 Å². The topological polar surface area (TPSA) is 17.8 Å². The maximum Gasteiger partial charge on any atom is 0.148 e. The second-order valence-electron chi connectivity index (χ2n) is 3.16. The lowest BCUT2D eigenvalue weighted by Gasteiger charge is -2.07. The molecule has 15 heavy (non-hydrogen) atoms. The number of rotatable bonds is 2. The van der Waals surface area contributed by atoms with E-state index in [1.807, 2.05) is 13.0 Å². The van der Waals surface area contributed by atoms with E-state index < -0.39 is 0 Å². The van der Waals surface area contributed by atoms with E-state index in [9.17, 15) is 4.39 Å². The Hall–Kier alpha value is -1.16. The first-order valence-corrected chi connectivity index (χ1v) is 5.49. The summed E-state index contributed by atoms with van der Waals surface area (Å²) in [4.78, 5) is 4.16. The molecule has 0 bridgehead atoms. The molecule has 0 radical (unpaired) electrons. The second-order valence-corrected chi connectivity index (χ2v) is 4.08. The lowest BCUT2D eigenvalue weighted by molar-refractivity contribution is 0.614. The normalized spacial score (nSPS) is 10.6. The monoisotopic (exact) mass is 268 g/mol. The molecular formula is C11H10BrFN2. The van der Waals surface area contributed by atoms with Crippen molar-refractivity contribution in [3.05, 3.63) is 46.7 Å². The molecule has 0 aliphatic rings. The molecule has 0 saturated heterocycles. The molecule has 4 heteroatoms. The van der Waals surface area contributed by atoms with E-state index >= 15 is 0 Å². The van der Waals surface area contributed by atoms with Crippen molar-refractivity contribution in [3.63, 3.8) is 0 Å². The van der Waals surface area contributed by atoms with Gasteiger partial charge in [-0.3, -0.25) is 0 Å². The highest BCUT2D eigenvalue weighted by atomic mass is 79.9. The predicted octanol–water partition coefficient (Wildman–Crippen LogP) is 3.34. The van der Waals surface area contributed by atoms with Gasteiger partial charge in [0.1, 0.15) is 11.6 Å². The van der Waals surface area contributed by atoms with Gasteiger partial charge >= 0.3 is 0 Å². The van der Waals surface area contributed by atoms with Gasteiger partial charge in [0.2, 0.25) is 0 Å². The first kappa shape index (κ1) is 10.4. The average molecular weight is 269 g/mol. The van der Waals surface area contributed by atoms with Crippen LogP contribution in [0.4, 0.5) is 4.39 Å². The first-order valence-electron chi connectivity index (χ1n) is 4.70. The van der Waals surface area contributed by atoms with E-state index in [1.165, 1.54) is 6.07 Å². The zero-order valence-corrected chi connectivity index (χ0v) is 9.83. The highest BCUT2D eigenvalue weighted by Gasteiger charge is 2.08. The van der Waals surface area contributed by atoms with E-state index in [0.29, 0.717) is 5.69 Å². The van der Waals surface area contributed by atoms with Gasteiger partial charge in [-0.15, -0.1) is 0 Å². The summed E-state index contributed by atoms with van der Waals surface area (Å²) < 4.78 is 16.2. The van der Waals surface area contributed by atoms with Crippen LogP contribution in [0.25, 0.3) is 5.69 Å². The van der Waals surface area contributed by atoms with Gasteiger partial charge in [-0.05, 0) is 18.2 Å². The van der Waals surface area contributed by atoms with Crippen molar-refractivity contribution in [3.8, 4) is 5.69 Å². The Bertz CT molecular complexity index is 479. The van der Waals surface area contributed by atoms with Gasteiger partial charge in [-0.25, -0.2) is 9.37 Å². The molecular weight excluding hydrogens is 259 g/mol. The molecule has 0 aliphatic carbocycles. The Morgan fingerprint density at radius 1 is 1.47 bits per heavy atom. The number of benzene rings is 1. The molecule has 1 aromatic heterocycles. The fraction of sp³-hybridized carbons (Fsp3) is 0.182. The van der Waals surface area contributed by atoms with Gasteiger partial charge < -0.3 is 4.57 Å². The summed E-state index contributed by atoms with van der Waals surface area (Å²) >= 11 is 3.23. The van der Waals surface area contributed by atoms with Crippen LogP contribution in [0.1, 0.15) is 12.7 Å². The van der Waals surface area contributed by atoms with E-state index in [0.717, 1.165) is 16.7 Å². The molecule has 0 spiro atoms. The number of hydrogen-bond acceptors (Lipinski definition) is 1. The summed E-state index contributed by atoms with van der Waals surface area (Å²) in [6, 6.07) is 5.01. The number of nitrogens with zero attached hydrogens (tertiary/aromatic N) is 2. The van der Waals surface area contributed by atoms with Crippen molar-refractivity contribution in [1.29, 1.82) is 0 Å². The summed E-state index contributed by atoms with van der Waals surface area (Å²) in [6.45, 7) is 2.00. The predicted molar refractivity (Wildman–Crippen MR) is 60.6 cm³/mol. The van der Waals surface area contributed by atoms with Crippen LogP contribution in [0, 0.1) is 5.82 Å². The molecule has 1 heterocycles. The highest BCUT2D eigenvalue weighted by molar-refractivity contribution is 9.10. The molecule has 78 valence electrons. The highest BCUT2D eigenvalue weighted by Crippen LogP contribution is 2.19. The SMILES string of the molecule is CCc1nccn1-c1ccc(Br)cc1F. The van der Waals surface area contributed by atoms with Gasteiger partial charge in [0.15, 0.2) is 0 Å². The minimum Gasteiger partial charge on any atom is -0.301 e. The molecule has 0 amide bonds. The van der Waals surface area contributed by atoms with Crippen LogP contribution in [-0.4, -0.2) is 9.55 Å². The third kappa shape index (κ3) is 1.95.